The molecule has 2 saturated carbocycles. The first kappa shape index (κ1) is 39.8. The van der Waals surface area contributed by atoms with Gasteiger partial charge < -0.3 is 20.9 Å². The smallest absolute Gasteiger partial charge is 0.249 e. The van der Waals surface area contributed by atoms with E-state index in [9.17, 15) is 23.6 Å². The van der Waals surface area contributed by atoms with Crippen molar-refractivity contribution in [3.05, 3.63) is 59.9 Å². The molecule has 2 aromatic heterocycles. The number of nitrogens with zero attached hydrogens (tertiary/aromatic N) is 5. The third-order valence-corrected chi connectivity index (χ3v) is 12.9. The van der Waals surface area contributed by atoms with E-state index in [-0.39, 0.29) is 65.5 Å². The number of anilines is 3. The number of carbonyl (C=O) groups excluding carboxylic acids is 4. The molecule has 3 aliphatic heterocycles. The Labute approximate surface area is 337 Å². The van der Waals surface area contributed by atoms with E-state index in [2.05, 4.69) is 41.1 Å². The zero-order valence-electron chi connectivity index (χ0n) is 32.9. The summed E-state index contributed by atoms with van der Waals surface area (Å²) in [6, 6.07) is 8.61. The topological polar surface area (TPSA) is 162 Å². The van der Waals surface area contributed by atoms with Crippen LogP contribution in [0.4, 0.5) is 26.2 Å². The van der Waals surface area contributed by atoms with Crippen LogP contribution in [0.5, 0.6) is 0 Å². The molecule has 0 radical (unpaired) electrons. The molecule has 5 heterocycles. The molecule has 5 fully saturated rings. The summed E-state index contributed by atoms with van der Waals surface area (Å²) in [4.78, 5) is 66.6. The van der Waals surface area contributed by atoms with E-state index in [1.165, 1.54) is 12.3 Å². The van der Waals surface area contributed by atoms with Crippen LogP contribution in [0.2, 0.25) is 0 Å². The van der Waals surface area contributed by atoms with Gasteiger partial charge in [-0.25, -0.2) is 23.7 Å². The molecule has 3 saturated heterocycles. The Balaban J connectivity index is 0.754. The summed E-state index contributed by atoms with van der Waals surface area (Å²) >= 11 is 0. The highest BCUT2D eigenvalue weighted by molar-refractivity contribution is 6.01. The number of nitrogens with one attached hydrogen (secondary N) is 4. The minimum absolute atomic E-state index is 0.0128. The lowest BCUT2D eigenvalue weighted by Gasteiger charge is -2.41. The summed E-state index contributed by atoms with van der Waals surface area (Å²) in [6.07, 6.45) is 14.4. The van der Waals surface area contributed by atoms with Crippen LogP contribution in [-0.2, 0) is 19.2 Å². The molecule has 58 heavy (non-hydrogen) atoms. The summed E-state index contributed by atoms with van der Waals surface area (Å²) in [7, 11) is 0. The van der Waals surface area contributed by atoms with Crippen LogP contribution in [0.25, 0.3) is 11.3 Å². The number of benzene rings is 1. The van der Waals surface area contributed by atoms with E-state index < -0.39 is 11.9 Å². The van der Waals surface area contributed by atoms with Crippen molar-refractivity contribution in [1.82, 2.24) is 30.5 Å². The minimum Gasteiger partial charge on any atom is -0.374 e. The van der Waals surface area contributed by atoms with Crippen molar-refractivity contribution < 1.29 is 28.0 Å². The van der Waals surface area contributed by atoms with Gasteiger partial charge in [-0.3, -0.25) is 29.4 Å². The highest BCUT2D eigenvalue weighted by Gasteiger charge is 2.34. The Bertz CT molecular complexity index is 1990. The van der Waals surface area contributed by atoms with Crippen molar-refractivity contribution in [3.63, 3.8) is 0 Å². The number of rotatable bonds is 10. The zero-order chi connectivity index (χ0) is 40.2. The molecule has 3 aromatic rings. The van der Waals surface area contributed by atoms with Crippen molar-refractivity contribution in [2.24, 2.45) is 5.92 Å². The third-order valence-electron chi connectivity index (χ3n) is 12.9. The second-order valence-corrected chi connectivity index (χ2v) is 16.7. The molecule has 8 rings (SSSR count). The fourth-order valence-electron chi connectivity index (χ4n) is 9.54. The standard InChI is InChI=1S/C43H53F2N9O4/c44-34-24-31(48-36-14-15-38(55)51-42(36)58)10-13-33(34)26-17-21-53(22-18-26)32-11-4-27(5-12-32)41(57)49-29-6-8-30(9-7-29)50-43-47-25-35(45)40(52-43)28-16-19-46-37(23-28)54-20-2-1-3-39(54)56/h10,13,16,19,23-27,29-30,32,36,48H,1-9,11-12,14-15,17-18,20-22H2,(H,49,57)(H,47,50,52)(H,51,55,58). The molecule has 0 bridgehead atoms. The molecule has 0 spiro atoms. The number of aromatic nitrogens is 3. The van der Waals surface area contributed by atoms with Crippen molar-refractivity contribution in [2.45, 2.75) is 126 Å². The van der Waals surface area contributed by atoms with Crippen LogP contribution in [0.1, 0.15) is 108 Å². The summed E-state index contributed by atoms with van der Waals surface area (Å²) < 4.78 is 30.2. The number of hydrogen-bond acceptors (Lipinski definition) is 10. The lowest BCUT2D eigenvalue weighted by molar-refractivity contribution is -0.133. The van der Waals surface area contributed by atoms with Gasteiger partial charge in [-0.05, 0) is 132 Å². The molecule has 13 nitrogen and oxygen atoms in total. The summed E-state index contributed by atoms with van der Waals surface area (Å²) in [5.74, 6) is -0.310. The Morgan fingerprint density at radius 1 is 0.776 bits per heavy atom. The van der Waals surface area contributed by atoms with Crippen LogP contribution in [0, 0.1) is 17.6 Å². The molecule has 1 unspecified atom stereocenters. The highest BCUT2D eigenvalue weighted by atomic mass is 19.1. The molecule has 4 amide bonds. The summed E-state index contributed by atoms with van der Waals surface area (Å²) in [6.45, 7) is 2.39. The Hall–Kier alpha value is -5.05. The van der Waals surface area contributed by atoms with Crippen molar-refractivity contribution in [3.8, 4) is 11.3 Å². The van der Waals surface area contributed by atoms with E-state index >= 15 is 4.39 Å². The zero-order valence-corrected chi connectivity index (χ0v) is 32.9. The van der Waals surface area contributed by atoms with Crippen LogP contribution in [0.3, 0.4) is 0 Å². The first-order valence-corrected chi connectivity index (χ1v) is 21.2. The van der Waals surface area contributed by atoms with Gasteiger partial charge in [0.15, 0.2) is 5.82 Å². The third kappa shape index (κ3) is 9.29. The van der Waals surface area contributed by atoms with Crippen LogP contribution >= 0.6 is 0 Å². The van der Waals surface area contributed by atoms with Gasteiger partial charge in [0.2, 0.25) is 29.6 Å². The SMILES string of the molecule is O=C1CCC(Nc2ccc(C3CCN(C4CCC(C(=O)NC5CCC(Nc6ncc(F)c(-c7ccnc(N8CCCCC8=O)c7)n6)CC5)CC4)CC3)c(F)c2)C(=O)N1. The maximum absolute atomic E-state index is 15.3. The van der Waals surface area contributed by atoms with E-state index in [4.69, 9.17) is 0 Å². The van der Waals surface area contributed by atoms with Crippen molar-refractivity contribution in [2.75, 3.05) is 35.2 Å². The maximum Gasteiger partial charge on any atom is 0.249 e. The van der Waals surface area contributed by atoms with Crippen LogP contribution < -0.4 is 26.2 Å². The monoisotopic (exact) mass is 797 g/mol. The number of piperidine rings is 3. The van der Waals surface area contributed by atoms with Crippen LogP contribution in [0.15, 0.2) is 42.7 Å². The van der Waals surface area contributed by atoms with Gasteiger partial charge in [0, 0.05) is 60.9 Å². The second kappa shape index (κ2) is 17.8. The molecule has 1 aromatic carbocycles. The maximum atomic E-state index is 15.3. The Morgan fingerprint density at radius 2 is 1.55 bits per heavy atom. The summed E-state index contributed by atoms with van der Waals surface area (Å²) in [5.41, 5.74) is 1.94. The molecule has 2 aliphatic carbocycles. The predicted molar refractivity (Wildman–Crippen MR) is 215 cm³/mol. The van der Waals surface area contributed by atoms with Gasteiger partial charge in [0.05, 0.1) is 6.20 Å². The van der Waals surface area contributed by atoms with Gasteiger partial charge >= 0.3 is 0 Å². The first-order chi connectivity index (χ1) is 28.2. The number of halogens is 2. The fraction of sp³-hybridized carbons (Fsp3) is 0.558. The quantitative estimate of drug-likeness (QED) is 0.184. The predicted octanol–water partition coefficient (Wildman–Crippen LogP) is 5.83. The van der Waals surface area contributed by atoms with Crippen molar-refractivity contribution in [1.29, 1.82) is 0 Å². The molecule has 308 valence electrons. The van der Waals surface area contributed by atoms with Gasteiger partial charge in [-0.2, -0.15) is 0 Å². The van der Waals surface area contributed by atoms with Gasteiger partial charge in [0.25, 0.3) is 0 Å². The lowest BCUT2D eigenvalue weighted by Crippen LogP contribution is -2.47. The average Bonchev–Trinajstić information content (AvgIpc) is 3.24. The Kier molecular flexibility index (Phi) is 12.2. The molecular weight excluding hydrogens is 745 g/mol. The minimum atomic E-state index is -0.550. The number of pyridine rings is 1. The van der Waals surface area contributed by atoms with Gasteiger partial charge in [0.1, 0.15) is 23.4 Å². The fourth-order valence-corrected chi connectivity index (χ4v) is 9.54. The van der Waals surface area contributed by atoms with Gasteiger partial charge in [-0.1, -0.05) is 6.07 Å². The number of imide groups is 1. The highest BCUT2D eigenvalue weighted by Crippen LogP contribution is 2.36. The normalized spacial score (nSPS) is 26.2. The largest absolute Gasteiger partial charge is 0.374 e. The second-order valence-electron chi connectivity index (χ2n) is 16.7. The van der Waals surface area contributed by atoms with E-state index in [1.807, 2.05) is 12.1 Å². The molecule has 15 heteroatoms. The molecule has 4 N–H and O–H groups in total. The Morgan fingerprint density at radius 3 is 2.29 bits per heavy atom. The molecular formula is C43H53F2N9O4. The lowest BCUT2D eigenvalue weighted by atomic mass is 9.82. The van der Waals surface area contributed by atoms with Crippen molar-refractivity contribution >= 4 is 41.1 Å². The van der Waals surface area contributed by atoms with Crippen LogP contribution in [-0.4, -0.2) is 87.3 Å². The average molecular weight is 798 g/mol. The van der Waals surface area contributed by atoms with E-state index in [0.717, 1.165) is 90.1 Å². The number of amides is 4. The number of carbonyl (C=O) groups is 4. The molecule has 1 atom stereocenters. The van der Waals surface area contributed by atoms with E-state index in [0.29, 0.717) is 54.0 Å². The number of hydrogen-bond donors (Lipinski definition) is 4. The summed E-state index contributed by atoms with van der Waals surface area (Å²) in [5, 5.41) is 12.1. The first-order valence-electron chi connectivity index (χ1n) is 21.2. The molecule has 5 aliphatic rings. The number of likely N-dealkylation sites (tertiary alicyclic amines) is 1. The van der Waals surface area contributed by atoms with Gasteiger partial charge in [-0.15, -0.1) is 0 Å². The van der Waals surface area contributed by atoms with E-state index in [1.54, 1.807) is 23.2 Å².